The number of hydrogen-bond acceptors (Lipinski definition) is 5. The van der Waals surface area contributed by atoms with Gasteiger partial charge in [0.05, 0.1) is 16.3 Å². The fraction of sp³-hybridized carbons (Fsp3) is 0. The van der Waals surface area contributed by atoms with E-state index in [9.17, 15) is 0 Å². The summed E-state index contributed by atoms with van der Waals surface area (Å²) < 4.78 is 6.00. The van der Waals surface area contributed by atoms with Crippen molar-refractivity contribution in [3.05, 3.63) is 46.0 Å². The molecule has 0 saturated heterocycles. The lowest BCUT2D eigenvalue weighted by Gasteiger charge is -2.01. The number of hydrogen-bond donors (Lipinski definition) is 1. The number of nitrogens with zero attached hydrogens (tertiary/aromatic N) is 3. The van der Waals surface area contributed by atoms with Crippen LogP contribution in [-0.2, 0) is 0 Å². The lowest BCUT2D eigenvalue weighted by atomic mass is 10.2. The van der Waals surface area contributed by atoms with Crippen LogP contribution in [0.3, 0.4) is 0 Å². The molecule has 3 rings (SSSR count). The van der Waals surface area contributed by atoms with Gasteiger partial charge in [-0.05, 0) is 40.2 Å². The van der Waals surface area contributed by atoms with Gasteiger partial charge in [0, 0.05) is 10.7 Å². The summed E-state index contributed by atoms with van der Waals surface area (Å²) in [5, 5.41) is 4.35. The van der Waals surface area contributed by atoms with Crippen molar-refractivity contribution in [1.82, 2.24) is 15.1 Å². The number of rotatable bonds is 2. The molecular weight excluding hydrogens is 344 g/mol. The van der Waals surface area contributed by atoms with Crippen LogP contribution < -0.4 is 5.73 Å². The molecule has 2 N–H and O–H groups in total. The van der Waals surface area contributed by atoms with Crippen molar-refractivity contribution in [2.24, 2.45) is 0 Å². The van der Waals surface area contributed by atoms with Crippen LogP contribution in [0, 0.1) is 0 Å². The van der Waals surface area contributed by atoms with E-state index in [0.717, 1.165) is 4.47 Å². The number of anilines is 1. The van der Waals surface area contributed by atoms with E-state index >= 15 is 0 Å². The zero-order chi connectivity index (χ0) is 14.1. The minimum Gasteiger partial charge on any atom is -0.397 e. The molecule has 2 heterocycles. The second kappa shape index (κ2) is 5.22. The molecule has 0 aliphatic heterocycles. The van der Waals surface area contributed by atoms with Gasteiger partial charge in [0.25, 0.3) is 5.89 Å². The summed E-state index contributed by atoms with van der Waals surface area (Å²) in [6.07, 6.45) is 1.62. The van der Waals surface area contributed by atoms with Gasteiger partial charge in [0.2, 0.25) is 5.82 Å². The SMILES string of the molecule is Nc1c(Br)cccc1-c1nc(-c2ncccc2Cl)no1. The largest absolute Gasteiger partial charge is 0.397 e. The summed E-state index contributed by atoms with van der Waals surface area (Å²) in [7, 11) is 0. The number of nitrogen functional groups attached to an aromatic ring is 1. The van der Waals surface area contributed by atoms with Crippen LogP contribution >= 0.6 is 27.5 Å². The monoisotopic (exact) mass is 350 g/mol. The molecular formula is C13H8BrClN4O. The Kier molecular flexibility index (Phi) is 3.42. The molecule has 20 heavy (non-hydrogen) atoms. The zero-order valence-electron chi connectivity index (χ0n) is 10.0. The smallest absolute Gasteiger partial charge is 0.260 e. The fourth-order valence-electron chi connectivity index (χ4n) is 1.70. The van der Waals surface area contributed by atoms with Crippen molar-refractivity contribution in [3.8, 4) is 23.0 Å². The van der Waals surface area contributed by atoms with Gasteiger partial charge in [-0.1, -0.05) is 22.8 Å². The number of benzene rings is 1. The van der Waals surface area contributed by atoms with E-state index in [2.05, 4.69) is 31.1 Å². The van der Waals surface area contributed by atoms with Crippen LogP contribution in [0.1, 0.15) is 0 Å². The highest BCUT2D eigenvalue weighted by molar-refractivity contribution is 9.10. The summed E-state index contributed by atoms with van der Waals surface area (Å²) in [4.78, 5) is 8.43. The standard InChI is InChI=1S/C13H8BrClN4O/c14-8-4-1-3-7(10(8)16)13-18-12(19-20-13)11-9(15)5-2-6-17-11/h1-6H,16H2. The van der Waals surface area contributed by atoms with Crippen LogP contribution in [0.2, 0.25) is 5.02 Å². The highest BCUT2D eigenvalue weighted by Gasteiger charge is 2.16. The molecule has 0 amide bonds. The summed E-state index contributed by atoms with van der Waals surface area (Å²) in [5.74, 6) is 0.644. The third kappa shape index (κ3) is 2.28. The normalized spacial score (nSPS) is 10.7. The average Bonchev–Trinajstić information content (AvgIpc) is 2.92. The van der Waals surface area contributed by atoms with E-state index in [1.165, 1.54) is 0 Å². The van der Waals surface area contributed by atoms with Gasteiger partial charge in [0.15, 0.2) is 0 Å². The molecule has 0 fully saturated rings. The maximum atomic E-state index is 6.05. The quantitative estimate of drug-likeness (QED) is 0.711. The predicted octanol–water partition coefficient (Wildman–Crippen LogP) is 3.80. The Balaban J connectivity index is 2.07. The maximum absolute atomic E-state index is 6.05. The molecule has 0 spiro atoms. The molecule has 0 bridgehead atoms. The third-order valence-corrected chi connectivity index (χ3v) is 3.68. The Bertz CT molecular complexity index is 775. The van der Waals surface area contributed by atoms with Crippen LogP contribution in [0.15, 0.2) is 45.5 Å². The molecule has 0 aliphatic rings. The van der Waals surface area contributed by atoms with Crippen molar-refractivity contribution in [1.29, 1.82) is 0 Å². The number of para-hydroxylation sites is 1. The van der Waals surface area contributed by atoms with Crippen LogP contribution in [0.5, 0.6) is 0 Å². The molecule has 0 atom stereocenters. The molecule has 5 nitrogen and oxygen atoms in total. The van der Waals surface area contributed by atoms with Crippen molar-refractivity contribution in [3.63, 3.8) is 0 Å². The zero-order valence-corrected chi connectivity index (χ0v) is 12.4. The third-order valence-electron chi connectivity index (χ3n) is 2.68. The van der Waals surface area contributed by atoms with E-state index in [-0.39, 0.29) is 0 Å². The van der Waals surface area contributed by atoms with Crippen molar-refractivity contribution < 1.29 is 4.52 Å². The average molecular weight is 352 g/mol. The van der Waals surface area contributed by atoms with Crippen molar-refractivity contribution in [2.45, 2.75) is 0 Å². The summed E-state index contributed by atoms with van der Waals surface area (Å²) >= 11 is 9.41. The Hall–Kier alpha value is -1.92. The minimum absolute atomic E-state index is 0.320. The molecule has 0 unspecified atom stereocenters. The molecule has 1 aromatic carbocycles. The number of halogens is 2. The summed E-state index contributed by atoms with van der Waals surface area (Å²) in [5.41, 5.74) is 7.64. The molecule has 0 radical (unpaired) electrons. The number of aromatic nitrogens is 3. The van der Waals surface area contributed by atoms with Gasteiger partial charge in [-0.3, -0.25) is 4.98 Å². The molecule has 0 saturated carbocycles. The molecule has 3 aromatic rings. The Morgan fingerprint density at radius 3 is 2.85 bits per heavy atom. The van der Waals surface area contributed by atoms with Crippen LogP contribution in [0.4, 0.5) is 5.69 Å². The maximum Gasteiger partial charge on any atom is 0.260 e. The number of nitrogens with two attached hydrogens (primary N) is 1. The van der Waals surface area contributed by atoms with Crippen LogP contribution in [0.25, 0.3) is 23.0 Å². The Morgan fingerprint density at radius 1 is 1.20 bits per heavy atom. The molecule has 2 aromatic heterocycles. The lowest BCUT2D eigenvalue weighted by Crippen LogP contribution is -1.91. The molecule has 7 heteroatoms. The number of pyridine rings is 1. The molecule has 0 aliphatic carbocycles. The first-order chi connectivity index (χ1) is 9.66. The van der Waals surface area contributed by atoms with Crippen LogP contribution in [-0.4, -0.2) is 15.1 Å². The van der Waals surface area contributed by atoms with Gasteiger partial charge in [-0.2, -0.15) is 4.98 Å². The Morgan fingerprint density at radius 2 is 2.05 bits per heavy atom. The van der Waals surface area contributed by atoms with Gasteiger partial charge in [-0.15, -0.1) is 0 Å². The Labute approximate surface area is 127 Å². The van der Waals surface area contributed by atoms with Gasteiger partial charge < -0.3 is 10.3 Å². The second-order valence-corrected chi connectivity index (χ2v) is 5.22. The van der Waals surface area contributed by atoms with Gasteiger partial charge >= 0.3 is 0 Å². The minimum atomic E-state index is 0.320. The van der Waals surface area contributed by atoms with Gasteiger partial charge in [0.1, 0.15) is 5.69 Å². The van der Waals surface area contributed by atoms with E-state index in [1.54, 1.807) is 24.4 Å². The van der Waals surface area contributed by atoms with E-state index < -0.39 is 0 Å². The van der Waals surface area contributed by atoms with Gasteiger partial charge in [-0.25, -0.2) is 0 Å². The first kappa shape index (κ1) is 13.1. The second-order valence-electron chi connectivity index (χ2n) is 3.96. The van der Waals surface area contributed by atoms with Crippen molar-refractivity contribution >= 4 is 33.2 Å². The van der Waals surface area contributed by atoms with E-state index in [4.69, 9.17) is 21.9 Å². The highest BCUT2D eigenvalue weighted by atomic mass is 79.9. The summed E-state index contributed by atoms with van der Waals surface area (Å²) in [6, 6.07) is 8.93. The first-order valence-electron chi connectivity index (χ1n) is 5.66. The van der Waals surface area contributed by atoms with Crippen molar-refractivity contribution in [2.75, 3.05) is 5.73 Å². The topological polar surface area (TPSA) is 77.8 Å². The fourth-order valence-corrected chi connectivity index (χ4v) is 2.28. The van der Waals surface area contributed by atoms with E-state index in [1.807, 2.05) is 12.1 Å². The predicted molar refractivity (Wildman–Crippen MR) is 80.1 cm³/mol. The first-order valence-corrected chi connectivity index (χ1v) is 6.83. The molecule has 100 valence electrons. The van der Waals surface area contributed by atoms with E-state index in [0.29, 0.717) is 33.7 Å². The highest BCUT2D eigenvalue weighted by Crippen LogP contribution is 2.32. The lowest BCUT2D eigenvalue weighted by molar-refractivity contribution is 0.432. The summed E-state index contributed by atoms with van der Waals surface area (Å²) in [6.45, 7) is 0.